The molecular formula is C15H20BrNO5. The number of aliphatic carboxylic acids is 1. The Hall–Kier alpha value is -1.60. The Morgan fingerprint density at radius 1 is 1.36 bits per heavy atom. The predicted molar refractivity (Wildman–Crippen MR) is 84.9 cm³/mol. The van der Waals surface area contributed by atoms with Gasteiger partial charge in [-0.3, -0.25) is 4.79 Å². The van der Waals surface area contributed by atoms with Crippen LogP contribution in [-0.4, -0.2) is 43.3 Å². The number of rotatable bonds is 10. The fourth-order valence-electron chi connectivity index (χ4n) is 1.74. The summed E-state index contributed by atoms with van der Waals surface area (Å²) < 4.78 is 11.3. The average molecular weight is 374 g/mol. The number of carbonyl (C=O) groups is 2. The van der Waals surface area contributed by atoms with Crippen LogP contribution in [-0.2, 0) is 14.3 Å². The molecule has 22 heavy (non-hydrogen) atoms. The van der Waals surface area contributed by atoms with Crippen LogP contribution >= 0.6 is 15.9 Å². The third kappa shape index (κ3) is 7.42. The van der Waals surface area contributed by atoms with Crippen LogP contribution in [0, 0.1) is 0 Å². The highest BCUT2D eigenvalue weighted by atomic mass is 79.9. The number of amides is 1. The molecule has 1 aromatic carbocycles. The molecule has 0 aliphatic heterocycles. The number of hydrogen-bond acceptors (Lipinski definition) is 4. The van der Waals surface area contributed by atoms with Gasteiger partial charge in [0.1, 0.15) is 11.8 Å². The Kier molecular flexibility index (Phi) is 8.54. The lowest BCUT2D eigenvalue weighted by Crippen LogP contribution is -2.41. The van der Waals surface area contributed by atoms with Crippen LogP contribution < -0.4 is 10.1 Å². The molecule has 0 fully saturated rings. The van der Waals surface area contributed by atoms with E-state index < -0.39 is 12.0 Å². The zero-order valence-electron chi connectivity index (χ0n) is 12.4. The van der Waals surface area contributed by atoms with Crippen molar-refractivity contribution in [2.45, 2.75) is 25.3 Å². The lowest BCUT2D eigenvalue weighted by molar-refractivity contribution is -0.142. The second kappa shape index (κ2) is 10.2. The molecule has 0 spiro atoms. The molecule has 2 N–H and O–H groups in total. The van der Waals surface area contributed by atoms with E-state index in [1.807, 2.05) is 24.3 Å². The molecule has 0 saturated heterocycles. The molecule has 122 valence electrons. The molecule has 1 aromatic rings. The second-order valence-corrected chi connectivity index (χ2v) is 5.56. The molecule has 6 nitrogen and oxygen atoms in total. The summed E-state index contributed by atoms with van der Waals surface area (Å²) in [7, 11) is 1.49. The van der Waals surface area contributed by atoms with Crippen LogP contribution in [0.15, 0.2) is 28.7 Å². The quantitative estimate of drug-likeness (QED) is 0.614. The molecule has 0 aliphatic rings. The number of carbonyl (C=O) groups excluding carboxylic acids is 1. The van der Waals surface area contributed by atoms with Crippen molar-refractivity contribution in [3.8, 4) is 5.75 Å². The third-order valence-electron chi connectivity index (χ3n) is 2.86. The summed E-state index contributed by atoms with van der Waals surface area (Å²) in [6, 6.07) is 6.51. The van der Waals surface area contributed by atoms with Crippen LogP contribution in [0.1, 0.15) is 19.3 Å². The van der Waals surface area contributed by atoms with Gasteiger partial charge in [-0.05, 0) is 24.6 Å². The van der Waals surface area contributed by atoms with Gasteiger partial charge < -0.3 is 19.9 Å². The Morgan fingerprint density at radius 3 is 2.77 bits per heavy atom. The number of carboxylic acid groups (broad SMARTS) is 1. The summed E-state index contributed by atoms with van der Waals surface area (Å²) in [4.78, 5) is 22.7. The van der Waals surface area contributed by atoms with Gasteiger partial charge in [-0.15, -0.1) is 0 Å². The van der Waals surface area contributed by atoms with E-state index in [1.54, 1.807) is 0 Å². The molecule has 7 heteroatoms. The normalized spacial score (nSPS) is 11.7. The molecule has 1 atom stereocenters. The highest BCUT2D eigenvalue weighted by Crippen LogP contribution is 2.17. The van der Waals surface area contributed by atoms with Crippen molar-refractivity contribution in [2.24, 2.45) is 0 Å². The van der Waals surface area contributed by atoms with Gasteiger partial charge in [-0.25, -0.2) is 4.79 Å². The Bertz CT molecular complexity index is 495. The van der Waals surface area contributed by atoms with Crippen molar-refractivity contribution < 1.29 is 24.2 Å². The van der Waals surface area contributed by atoms with Crippen LogP contribution in [0.3, 0.4) is 0 Å². The first-order chi connectivity index (χ1) is 10.5. The van der Waals surface area contributed by atoms with Gasteiger partial charge in [0.2, 0.25) is 5.91 Å². The number of ether oxygens (including phenoxy) is 2. The lowest BCUT2D eigenvalue weighted by Gasteiger charge is -2.14. The van der Waals surface area contributed by atoms with Gasteiger partial charge >= 0.3 is 5.97 Å². The zero-order valence-corrected chi connectivity index (χ0v) is 14.0. The minimum Gasteiger partial charge on any atom is -0.494 e. The molecule has 0 radical (unpaired) electrons. The number of halogens is 1. The van der Waals surface area contributed by atoms with Crippen molar-refractivity contribution in [1.82, 2.24) is 5.32 Å². The van der Waals surface area contributed by atoms with E-state index in [0.29, 0.717) is 13.0 Å². The number of carboxylic acids is 1. The number of hydrogen-bond donors (Lipinski definition) is 2. The van der Waals surface area contributed by atoms with Gasteiger partial charge in [0.25, 0.3) is 0 Å². The highest BCUT2D eigenvalue weighted by molar-refractivity contribution is 9.10. The Morgan fingerprint density at radius 2 is 2.14 bits per heavy atom. The Labute approximate surface area is 137 Å². The molecule has 0 aromatic heterocycles. The maximum atomic E-state index is 11.7. The number of benzene rings is 1. The van der Waals surface area contributed by atoms with E-state index in [2.05, 4.69) is 21.2 Å². The molecule has 0 saturated carbocycles. The SMILES string of the molecule is COCCC(NC(=O)CCCOc1cccc(Br)c1)C(=O)O. The topological polar surface area (TPSA) is 84.9 Å². The first-order valence-electron chi connectivity index (χ1n) is 6.92. The van der Waals surface area contributed by atoms with Crippen molar-refractivity contribution in [3.63, 3.8) is 0 Å². The predicted octanol–water partition coefficient (Wildman–Crippen LogP) is 2.21. The minimum absolute atomic E-state index is 0.213. The maximum absolute atomic E-state index is 11.7. The van der Waals surface area contributed by atoms with E-state index in [4.69, 9.17) is 14.6 Å². The summed E-state index contributed by atoms with van der Waals surface area (Å²) in [5.41, 5.74) is 0. The van der Waals surface area contributed by atoms with Crippen LogP contribution in [0.2, 0.25) is 0 Å². The van der Waals surface area contributed by atoms with Crippen molar-refractivity contribution in [1.29, 1.82) is 0 Å². The van der Waals surface area contributed by atoms with Gasteiger partial charge in [0, 0.05) is 31.0 Å². The summed E-state index contributed by atoms with van der Waals surface area (Å²) in [6.07, 6.45) is 0.964. The molecule has 0 heterocycles. The van der Waals surface area contributed by atoms with E-state index >= 15 is 0 Å². The molecular weight excluding hydrogens is 354 g/mol. The molecule has 1 unspecified atom stereocenters. The molecule has 1 amide bonds. The van der Waals surface area contributed by atoms with Gasteiger partial charge in [0.05, 0.1) is 6.61 Å². The number of nitrogens with one attached hydrogen (secondary N) is 1. The van der Waals surface area contributed by atoms with Crippen molar-refractivity contribution in [2.75, 3.05) is 20.3 Å². The zero-order chi connectivity index (χ0) is 16.4. The van der Waals surface area contributed by atoms with E-state index in [1.165, 1.54) is 7.11 Å². The van der Waals surface area contributed by atoms with Crippen molar-refractivity contribution in [3.05, 3.63) is 28.7 Å². The van der Waals surface area contributed by atoms with Crippen LogP contribution in [0.5, 0.6) is 5.75 Å². The lowest BCUT2D eigenvalue weighted by atomic mass is 10.2. The molecule has 0 aliphatic carbocycles. The standard InChI is InChI=1S/C15H20BrNO5/c1-21-9-7-13(15(19)20)17-14(18)6-3-8-22-12-5-2-4-11(16)10-12/h2,4-5,10,13H,3,6-9H2,1H3,(H,17,18)(H,19,20). The van der Waals surface area contributed by atoms with Gasteiger partial charge in [0.15, 0.2) is 0 Å². The summed E-state index contributed by atoms with van der Waals surface area (Å²) in [5, 5.41) is 11.5. The first kappa shape index (κ1) is 18.4. The van der Waals surface area contributed by atoms with Crippen LogP contribution in [0.25, 0.3) is 0 Å². The smallest absolute Gasteiger partial charge is 0.326 e. The average Bonchev–Trinajstić information content (AvgIpc) is 2.47. The molecule has 0 bridgehead atoms. The summed E-state index contributed by atoms with van der Waals surface area (Å²) in [5.74, 6) is -0.643. The van der Waals surface area contributed by atoms with E-state index in [-0.39, 0.29) is 25.4 Å². The van der Waals surface area contributed by atoms with E-state index in [0.717, 1.165) is 10.2 Å². The first-order valence-corrected chi connectivity index (χ1v) is 7.71. The monoisotopic (exact) mass is 373 g/mol. The molecule has 1 rings (SSSR count). The Balaban J connectivity index is 2.26. The largest absolute Gasteiger partial charge is 0.494 e. The van der Waals surface area contributed by atoms with E-state index in [9.17, 15) is 9.59 Å². The highest BCUT2D eigenvalue weighted by Gasteiger charge is 2.19. The fraction of sp³-hybridized carbons (Fsp3) is 0.467. The van der Waals surface area contributed by atoms with Gasteiger partial charge in [-0.2, -0.15) is 0 Å². The summed E-state index contributed by atoms with van der Waals surface area (Å²) >= 11 is 3.35. The maximum Gasteiger partial charge on any atom is 0.326 e. The fourth-order valence-corrected chi connectivity index (χ4v) is 2.12. The summed E-state index contributed by atoms with van der Waals surface area (Å²) in [6.45, 7) is 0.670. The number of methoxy groups -OCH3 is 1. The van der Waals surface area contributed by atoms with Gasteiger partial charge in [-0.1, -0.05) is 22.0 Å². The minimum atomic E-state index is -1.06. The van der Waals surface area contributed by atoms with Crippen LogP contribution in [0.4, 0.5) is 0 Å². The third-order valence-corrected chi connectivity index (χ3v) is 3.35. The van der Waals surface area contributed by atoms with Crippen molar-refractivity contribution >= 4 is 27.8 Å². The second-order valence-electron chi connectivity index (χ2n) is 4.65.